The zero-order valence-electron chi connectivity index (χ0n) is 10.9. The van der Waals surface area contributed by atoms with Crippen LogP contribution in [0.15, 0.2) is 42.5 Å². The number of aryl methyl sites for hydroxylation is 2. The largest absolute Gasteiger partial charge is 0.288 e. The number of hydrogen-bond acceptors (Lipinski definition) is 1. The molecule has 1 aliphatic rings. The van der Waals surface area contributed by atoms with Crippen molar-refractivity contribution in [3.8, 4) is 0 Å². The van der Waals surface area contributed by atoms with E-state index in [2.05, 4.69) is 0 Å². The molecule has 0 heterocycles. The highest BCUT2D eigenvalue weighted by Crippen LogP contribution is 2.38. The number of benzene rings is 2. The summed E-state index contributed by atoms with van der Waals surface area (Å²) in [6, 6.07) is 12.8. The van der Waals surface area contributed by atoms with E-state index in [1.54, 1.807) is 24.3 Å². The molecule has 0 amide bonds. The maximum Gasteiger partial charge on any atom is 0.198 e. The number of fused-ring (bicyclic) bond motifs is 1. The van der Waals surface area contributed by atoms with Crippen LogP contribution < -0.4 is 0 Å². The quantitative estimate of drug-likeness (QED) is 0.757. The Labute approximate surface area is 112 Å². The molecule has 93 valence electrons. The number of Topliss-reactive ketones (excluding diaryl/α,β-unsaturated/α-hetero) is 1. The van der Waals surface area contributed by atoms with Gasteiger partial charge in [0.2, 0.25) is 0 Å². The number of ketones is 1. The monoisotopic (exact) mass is 249 g/mol. The summed E-state index contributed by atoms with van der Waals surface area (Å²) in [5.74, 6) is -0.319. The van der Waals surface area contributed by atoms with E-state index in [0.29, 0.717) is 16.7 Å². The van der Waals surface area contributed by atoms with Gasteiger partial charge in [-0.25, -0.2) is 0 Å². The Hall–Kier alpha value is -2.35. The first kappa shape index (κ1) is 11.7. The molecule has 2 nitrogen and oxygen atoms in total. The van der Waals surface area contributed by atoms with Gasteiger partial charge in [0.15, 0.2) is 11.5 Å². The van der Waals surface area contributed by atoms with Crippen LogP contribution in [0.5, 0.6) is 0 Å². The van der Waals surface area contributed by atoms with Gasteiger partial charge in [-0.3, -0.25) is 9.90 Å². The molecule has 0 aromatic heterocycles. The number of hydrogen-bond donors (Lipinski definition) is 0. The van der Waals surface area contributed by atoms with Gasteiger partial charge in [0.1, 0.15) is 0 Å². The van der Waals surface area contributed by atoms with E-state index >= 15 is 0 Å². The van der Waals surface area contributed by atoms with Gasteiger partial charge in [0.05, 0.1) is 5.57 Å². The molecule has 0 atom stereocenters. The Kier molecular flexibility index (Phi) is 2.53. The second-order valence-electron chi connectivity index (χ2n) is 4.90. The fourth-order valence-electron chi connectivity index (χ4n) is 2.59. The number of allylic oxidation sites excluding steroid dienone is 1. The predicted molar refractivity (Wildman–Crippen MR) is 74.2 cm³/mol. The third-order valence-corrected chi connectivity index (χ3v) is 3.52. The number of carbonyl (C=O) groups is 1. The van der Waals surface area contributed by atoms with Crippen LogP contribution in [0.25, 0.3) is 11.3 Å². The van der Waals surface area contributed by atoms with Crippen molar-refractivity contribution >= 4 is 17.1 Å². The summed E-state index contributed by atoms with van der Waals surface area (Å²) in [5.41, 5.74) is 4.17. The maximum atomic E-state index is 12.4. The molecule has 0 aliphatic heterocycles. The summed E-state index contributed by atoms with van der Waals surface area (Å²) in [4.78, 5) is 12.4. The molecule has 0 bridgehead atoms. The first-order chi connectivity index (χ1) is 9.09. The third-order valence-electron chi connectivity index (χ3n) is 3.52. The Morgan fingerprint density at radius 2 is 1.53 bits per heavy atom. The second-order valence-corrected chi connectivity index (χ2v) is 4.90. The van der Waals surface area contributed by atoms with Gasteiger partial charge in [-0.05, 0) is 25.0 Å². The van der Waals surface area contributed by atoms with Crippen LogP contribution in [0.4, 0.5) is 0 Å². The SMILES string of the molecule is Cc1ccc(C2=C([O])c3ccccc3C2=O)c(C)c1. The molecule has 0 unspecified atom stereocenters. The van der Waals surface area contributed by atoms with E-state index in [9.17, 15) is 9.90 Å². The van der Waals surface area contributed by atoms with Crippen molar-refractivity contribution in [1.29, 1.82) is 0 Å². The van der Waals surface area contributed by atoms with Gasteiger partial charge in [-0.1, -0.05) is 48.0 Å². The Morgan fingerprint density at radius 1 is 0.842 bits per heavy atom. The van der Waals surface area contributed by atoms with Crippen molar-refractivity contribution in [3.63, 3.8) is 0 Å². The Balaban J connectivity index is 2.23. The summed E-state index contributed by atoms with van der Waals surface area (Å²) >= 11 is 0. The van der Waals surface area contributed by atoms with Crippen LogP contribution in [-0.2, 0) is 5.11 Å². The van der Waals surface area contributed by atoms with Gasteiger partial charge in [0.25, 0.3) is 0 Å². The smallest absolute Gasteiger partial charge is 0.198 e. The summed E-state index contributed by atoms with van der Waals surface area (Å²) in [6.07, 6.45) is 0. The average molecular weight is 249 g/mol. The van der Waals surface area contributed by atoms with E-state index in [-0.39, 0.29) is 11.5 Å². The van der Waals surface area contributed by atoms with Crippen LogP contribution in [0.2, 0.25) is 0 Å². The molecule has 0 N–H and O–H groups in total. The van der Waals surface area contributed by atoms with Gasteiger partial charge in [-0.15, -0.1) is 0 Å². The fourth-order valence-corrected chi connectivity index (χ4v) is 2.59. The van der Waals surface area contributed by atoms with E-state index in [4.69, 9.17) is 0 Å². The van der Waals surface area contributed by atoms with Crippen LogP contribution in [0, 0.1) is 13.8 Å². The lowest BCUT2D eigenvalue weighted by atomic mass is 9.96. The van der Waals surface area contributed by atoms with E-state index in [1.165, 1.54) is 0 Å². The number of carbonyl (C=O) groups excluding carboxylic acids is 1. The summed E-state index contributed by atoms with van der Waals surface area (Å²) in [7, 11) is 0. The predicted octanol–water partition coefficient (Wildman–Crippen LogP) is 3.80. The molecule has 1 radical (unpaired) electrons. The summed E-state index contributed by atoms with van der Waals surface area (Å²) in [6.45, 7) is 3.92. The molecule has 2 heteroatoms. The summed E-state index contributed by atoms with van der Waals surface area (Å²) in [5, 5.41) is 12.4. The van der Waals surface area contributed by atoms with Crippen molar-refractivity contribution in [3.05, 3.63) is 70.3 Å². The van der Waals surface area contributed by atoms with Crippen molar-refractivity contribution in [2.24, 2.45) is 0 Å². The molecule has 3 rings (SSSR count). The molecule has 19 heavy (non-hydrogen) atoms. The van der Waals surface area contributed by atoms with Crippen molar-refractivity contribution < 1.29 is 9.90 Å². The van der Waals surface area contributed by atoms with Crippen LogP contribution in [-0.4, -0.2) is 5.78 Å². The zero-order chi connectivity index (χ0) is 13.6. The minimum absolute atomic E-state index is 0.160. The molecular weight excluding hydrogens is 236 g/mol. The summed E-state index contributed by atoms with van der Waals surface area (Å²) < 4.78 is 0. The highest BCUT2D eigenvalue weighted by atomic mass is 16.3. The molecule has 0 spiro atoms. The molecular formula is C17H13O2. The van der Waals surface area contributed by atoms with Gasteiger partial charge in [0, 0.05) is 11.1 Å². The van der Waals surface area contributed by atoms with Crippen LogP contribution in [0.3, 0.4) is 0 Å². The molecule has 2 aromatic rings. The third kappa shape index (κ3) is 1.68. The molecule has 1 aliphatic carbocycles. The van der Waals surface area contributed by atoms with Crippen molar-refractivity contribution in [2.75, 3.05) is 0 Å². The van der Waals surface area contributed by atoms with Crippen molar-refractivity contribution in [2.45, 2.75) is 13.8 Å². The first-order valence-electron chi connectivity index (χ1n) is 6.22. The maximum absolute atomic E-state index is 12.4. The lowest BCUT2D eigenvalue weighted by Crippen LogP contribution is -2.00. The minimum atomic E-state index is -0.160. The zero-order valence-corrected chi connectivity index (χ0v) is 10.9. The minimum Gasteiger partial charge on any atom is -0.288 e. The molecule has 0 fully saturated rings. The second kappa shape index (κ2) is 4.09. The van der Waals surface area contributed by atoms with E-state index in [0.717, 1.165) is 16.7 Å². The van der Waals surface area contributed by atoms with Gasteiger partial charge in [-0.2, -0.15) is 0 Å². The highest BCUT2D eigenvalue weighted by Gasteiger charge is 2.32. The average Bonchev–Trinajstić information content (AvgIpc) is 2.64. The standard InChI is InChI=1S/C17H13O2/c1-10-7-8-12(11(2)9-10)15-16(18)13-5-3-4-6-14(13)17(15)19/h3-9H,1-2H3. The van der Waals surface area contributed by atoms with Crippen molar-refractivity contribution in [1.82, 2.24) is 0 Å². The van der Waals surface area contributed by atoms with E-state index in [1.807, 2.05) is 32.0 Å². The lowest BCUT2D eigenvalue weighted by Gasteiger charge is -2.06. The molecule has 2 aromatic carbocycles. The topological polar surface area (TPSA) is 37.0 Å². The fraction of sp³-hybridized carbons (Fsp3) is 0.118. The normalized spacial score (nSPS) is 13.9. The number of rotatable bonds is 1. The Bertz CT molecular complexity index is 724. The van der Waals surface area contributed by atoms with Crippen LogP contribution in [0.1, 0.15) is 32.6 Å². The van der Waals surface area contributed by atoms with E-state index < -0.39 is 0 Å². The van der Waals surface area contributed by atoms with Crippen LogP contribution >= 0.6 is 0 Å². The Morgan fingerprint density at radius 3 is 2.16 bits per heavy atom. The van der Waals surface area contributed by atoms with Gasteiger partial charge < -0.3 is 0 Å². The molecule has 0 saturated carbocycles. The first-order valence-corrected chi connectivity index (χ1v) is 6.22. The highest BCUT2D eigenvalue weighted by molar-refractivity contribution is 6.39. The molecule has 0 saturated heterocycles. The van der Waals surface area contributed by atoms with Gasteiger partial charge >= 0.3 is 0 Å². The lowest BCUT2D eigenvalue weighted by molar-refractivity contribution is 0.105.